The second-order valence-corrected chi connectivity index (χ2v) is 6.35. The zero-order chi connectivity index (χ0) is 14.0. The zero-order valence-corrected chi connectivity index (χ0v) is 12.3. The number of nitrogens with one attached hydrogen (secondary N) is 1. The van der Waals surface area contributed by atoms with Gasteiger partial charge in [0.1, 0.15) is 0 Å². The summed E-state index contributed by atoms with van der Waals surface area (Å²) in [6.07, 6.45) is 5.84. The van der Waals surface area contributed by atoms with Crippen LogP contribution in [0.2, 0.25) is 0 Å². The number of hydrogen-bond donors (Lipinski definition) is 1. The molecule has 1 aliphatic heterocycles. The van der Waals surface area contributed by atoms with E-state index in [1.165, 1.54) is 6.42 Å². The fourth-order valence-corrected chi connectivity index (χ4v) is 3.01. The Morgan fingerprint density at radius 2 is 1.74 bits per heavy atom. The third kappa shape index (κ3) is 3.16. The minimum atomic E-state index is -0.299. The molecule has 0 aromatic rings. The highest BCUT2D eigenvalue weighted by atomic mass is 16.2. The lowest BCUT2D eigenvalue weighted by Gasteiger charge is -2.30. The smallest absolute Gasteiger partial charge is 0.247 e. The molecule has 0 aromatic carbocycles. The molecule has 0 spiro atoms. The van der Waals surface area contributed by atoms with E-state index in [1.54, 1.807) is 4.90 Å². The van der Waals surface area contributed by atoms with Crippen LogP contribution in [0.25, 0.3) is 0 Å². The first-order valence-electron chi connectivity index (χ1n) is 7.62. The topological polar surface area (TPSA) is 49.4 Å². The van der Waals surface area contributed by atoms with Gasteiger partial charge in [-0.1, -0.05) is 33.1 Å². The Bertz CT molecular complexity index is 348. The van der Waals surface area contributed by atoms with Crippen molar-refractivity contribution >= 4 is 11.8 Å². The van der Waals surface area contributed by atoms with E-state index in [1.807, 2.05) is 0 Å². The maximum absolute atomic E-state index is 12.4. The first-order chi connectivity index (χ1) is 9.00. The molecular formula is C15H26N2O2. The summed E-state index contributed by atoms with van der Waals surface area (Å²) in [6, 6.07) is 0.120. The summed E-state index contributed by atoms with van der Waals surface area (Å²) in [4.78, 5) is 26.1. The van der Waals surface area contributed by atoms with Crippen LogP contribution in [-0.4, -0.2) is 34.8 Å². The quantitative estimate of drug-likeness (QED) is 0.793. The van der Waals surface area contributed by atoms with Crippen LogP contribution in [0, 0.1) is 5.92 Å². The monoisotopic (exact) mass is 266 g/mol. The maximum Gasteiger partial charge on any atom is 0.247 e. The first kappa shape index (κ1) is 14.5. The van der Waals surface area contributed by atoms with Crippen LogP contribution in [-0.2, 0) is 9.59 Å². The minimum Gasteiger partial charge on any atom is -0.303 e. The van der Waals surface area contributed by atoms with Gasteiger partial charge in [-0.15, -0.1) is 0 Å². The number of carbonyl (C=O) groups is 2. The van der Waals surface area contributed by atoms with Crippen LogP contribution in [0.1, 0.15) is 59.3 Å². The van der Waals surface area contributed by atoms with Crippen molar-refractivity contribution in [1.82, 2.24) is 10.2 Å². The van der Waals surface area contributed by atoms with Crippen molar-refractivity contribution in [3.8, 4) is 0 Å². The summed E-state index contributed by atoms with van der Waals surface area (Å²) in [5.74, 6) is 0.487. The van der Waals surface area contributed by atoms with E-state index in [9.17, 15) is 9.59 Å². The lowest BCUT2D eigenvalue weighted by molar-refractivity contribution is -0.142. The molecule has 2 rings (SSSR count). The number of carbonyl (C=O) groups excluding carboxylic acids is 2. The Hall–Kier alpha value is -0.900. The van der Waals surface area contributed by atoms with Crippen molar-refractivity contribution in [2.24, 2.45) is 5.92 Å². The van der Waals surface area contributed by atoms with Gasteiger partial charge in [0.15, 0.2) is 0 Å². The Kier molecular flexibility index (Phi) is 4.61. The molecule has 1 saturated carbocycles. The first-order valence-corrected chi connectivity index (χ1v) is 7.62. The summed E-state index contributed by atoms with van der Waals surface area (Å²) in [5, 5.41) is 3.32. The standard InChI is InChI=1S/C15H26N2O2/c1-10(2)11(3)16-13-9-14(18)17(15(13)19)12-7-5-4-6-8-12/h10-13,16H,4-9H2,1-3H3. The molecule has 2 amide bonds. The Morgan fingerprint density at radius 3 is 2.32 bits per heavy atom. The van der Waals surface area contributed by atoms with Gasteiger partial charge in [0.05, 0.1) is 12.5 Å². The summed E-state index contributed by atoms with van der Waals surface area (Å²) in [6.45, 7) is 6.32. The van der Waals surface area contributed by atoms with Gasteiger partial charge in [-0.25, -0.2) is 0 Å². The second kappa shape index (κ2) is 6.04. The van der Waals surface area contributed by atoms with Crippen molar-refractivity contribution in [2.75, 3.05) is 0 Å². The molecule has 108 valence electrons. The van der Waals surface area contributed by atoms with Gasteiger partial charge in [0.25, 0.3) is 0 Å². The Balaban J connectivity index is 1.99. The molecule has 1 heterocycles. The second-order valence-electron chi connectivity index (χ2n) is 6.35. The molecule has 2 unspecified atom stereocenters. The molecule has 1 saturated heterocycles. The fraction of sp³-hybridized carbons (Fsp3) is 0.867. The van der Waals surface area contributed by atoms with E-state index in [0.717, 1.165) is 25.7 Å². The van der Waals surface area contributed by atoms with Crippen molar-refractivity contribution in [1.29, 1.82) is 0 Å². The lowest BCUT2D eigenvalue weighted by atomic mass is 9.94. The van der Waals surface area contributed by atoms with Crippen LogP contribution < -0.4 is 5.32 Å². The third-order valence-electron chi connectivity index (χ3n) is 4.59. The van der Waals surface area contributed by atoms with Gasteiger partial charge in [-0.05, 0) is 25.7 Å². The van der Waals surface area contributed by atoms with Gasteiger partial charge in [-0.3, -0.25) is 14.5 Å². The number of likely N-dealkylation sites (tertiary alicyclic amines) is 1. The van der Waals surface area contributed by atoms with Gasteiger partial charge < -0.3 is 5.32 Å². The van der Waals surface area contributed by atoms with Crippen molar-refractivity contribution in [3.63, 3.8) is 0 Å². The van der Waals surface area contributed by atoms with Crippen molar-refractivity contribution in [3.05, 3.63) is 0 Å². The fourth-order valence-electron chi connectivity index (χ4n) is 3.01. The number of imide groups is 1. The molecule has 4 heteroatoms. The predicted molar refractivity (Wildman–Crippen MR) is 74.6 cm³/mol. The Morgan fingerprint density at radius 1 is 1.11 bits per heavy atom. The van der Waals surface area contributed by atoms with Gasteiger partial charge in [0.2, 0.25) is 11.8 Å². The van der Waals surface area contributed by atoms with Crippen LogP contribution in [0.4, 0.5) is 0 Å². The third-order valence-corrected chi connectivity index (χ3v) is 4.59. The van der Waals surface area contributed by atoms with Gasteiger partial charge in [0, 0.05) is 12.1 Å². The largest absolute Gasteiger partial charge is 0.303 e. The van der Waals surface area contributed by atoms with Crippen molar-refractivity contribution in [2.45, 2.75) is 77.4 Å². The molecule has 2 atom stereocenters. The maximum atomic E-state index is 12.4. The summed E-state index contributed by atoms with van der Waals surface area (Å²) in [5.41, 5.74) is 0. The molecule has 19 heavy (non-hydrogen) atoms. The summed E-state index contributed by atoms with van der Waals surface area (Å²) >= 11 is 0. The molecule has 0 bridgehead atoms. The zero-order valence-electron chi connectivity index (χ0n) is 12.3. The van der Waals surface area contributed by atoms with Crippen LogP contribution in [0.3, 0.4) is 0 Å². The van der Waals surface area contributed by atoms with Crippen molar-refractivity contribution < 1.29 is 9.59 Å². The Labute approximate surface area is 115 Å². The SMILES string of the molecule is CC(C)C(C)NC1CC(=O)N(C2CCCCC2)C1=O. The molecule has 0 aromatic heterocycles. The number of amides is 2. The van der Waals surface area contributed by atoms with E-state index >= 15 is 0 Å². The number of rotatable bonds is 4. The van der Waals surface area contributed by atoms with E-state index in [2.05, 4.69) is 26.1 Å². The molecule has 1 aliphatic carbocycles. The molecular weight excluding hydrogens is 240 g/mol. The van der Waals surface area contributed by atoms with E-state index in [-0.39, 0.29) is 29.9 Å². The predicted octanol–water partition coefficient (Wildman–Crippen LogP) is 2.08. The summed E-state index contributed by atoms with van der Waals surface area (Å²) < 4.78 is 0. The highest BCUT2D eigenvalue weighted by molar-refractivity contribution is 6.05. The van der Waals surface area contributed by atoms with Gasteiger partial charge in [-0.2, -0.15) is 0 Å². The highest BCUT2D eigenvalue weighted by Crippen LogP contribution is 2.27. The number of hydrogen-bond acceptors (Lipinski definition) is 3. The van der Waals surface area contributed by atoms with Crippen LogP contribution in [0.5, 0.6) is 0 Å². The molecule has 0 radical (unpaired) electrons. The summed E-state index contributed by atoms with van der Waals surface area (Å²) in [7, 11) is 0. The minimum absolute atomic E-state index is 0.00407. The lowest BCUT2D eigenvalue weighted by Crippen LogP contribution is -2.47. The molecule has 4 nitrogen and oxygen atoms in total. The van der Waals surface area contributed by atoms with E-state index < -0.39 is 0 Å². The van der Waals surface area contributed by atoms with Crippen LogP contribution >= 0.6 is 0 Å². The normalized spacial score (nSPS) is 27.4. The van der Waals surface area contributed by atoms with Crippen LogP contribution in [0.15, 0.2) is 0 Å². The average Bonchev–Trinajstić information content (AvgIpc) is 2.65. The molecule has 2 fully saturated rings. The van der Waals surface area contributed by atoms with E-state index in [0.29, 0.717) is 12.3 Å². The highest BCUT2D eigenvalue weighted by Gasteiger charge is 2.42. The molecule has 2 aliphatic rings. The number of nitrogens with zero attached hydrogens (tertiary/aromatic N) is 1. The molecule has 1 N–H and O–H groups in total. The average molecular weight is 266 g/mol. The van der Waals surface area contributed by atoms with Gasteiger partial charge >= 0.3 is 0 Å². The van der Waals surface area contributed by atoms with E-state index in [4.69, 9.17) is 0 Å².